The third-order valence-electron chi connectivity index (χ3n) is 3.04. The first-order valence-electron chi connectivity index (χ1n) is 6.17. The second-order valence-corrected chi connectivity index (χ2v) is 5.86. The monoisotopic (exact) mass is 361 g/mol. The van der Waals surface area contributed by atoms with Crippen LogP contribution in [0.5, 0.6) is 5.75 Å². The summed E-state index contributed by atoms with van der Waals surface area (Å²) in [4.78, 5) is 13.8. The van der Waals surface area contributed by atoms with Crippen LogP contribution in [0.2, 0.25) is 15.1 Å². The number of phenols is 1. The zero-order valence-corrected chi connectivity index (χ0v) is 13.7. The Balaban J connectivity index is 2.30. The predicted molar refractivity (Wildman–Crippen MR) is 85.3 cm³/mol. The fourth-order valence-corrected chi connectivity index (χ4v) is 2.60. The highest BCUT2D eigenvalue weighted by molar-refractivity contribution is 6.45. The molecule has 22 heavy (non-hydrogen) atoms. The Morgan fingerprint density at radius 1 is 1.18 bits per heavy atom. The normalized spacial score (nSPS) is 10.6. The lowest BCUT2D eigenvalue weighted by Crippen LogP contribution is -2.26. The van der Waals surface area contributed by atoms with E-state index in [1.54, 1.807) is 12.1 Å². The van der Waals surface area contributed by atoms with Crippen molar-refractivity contribution in [2.24, 2.45) is 0 Å². The summed E-state index contributed by atoms with van der Waals surface area (Å²) in [7, 11) is 1.52. The summed E-state index contributed by atoms with van der Waals surface area (Å²) in [6.07, 6.45) is 0. The maximum atomic E-state index is 12.9. The van der Waals surface area contributed by atoms with Crippen LogP contribution < -0.4 is 0 Å². The first-order chi connectivity index (χ1) is 10.3. The summed E-state index contributed by atoms with van der Waals surface area (Å²) in [5.41, 5.74) is 0.560. The Morgan fingerprint density at radius 3 is 2.36 bits per heavy atom. The fourth-order valence-electron chi connectivity index (χ4n) is 1.91. The number of halogens is 4. The van der Waals surface area contributed by atoms with Crippen LogP contribution in [0.1, 0.15) is 15.9 Å². The molecule has 0 saturated heterocycles. The Hall–Kier alpha value is -1.49. The average Bonchev–Trinajstić information content (AvgIpc) is 2.47. The van der Waals surface area contributed by atoms with E-state index < -0.39 is 11.7 Å². The van der Waals surface area contributed by atoms with Gasteiger partial charge in [0.1, 0.15) is 17.1 Å². The van der Waals surface area contributed by atoms with Crippen LogP contribution in [-0.2, 0) is 6.54 Å². The van der Waals surface area contributed by atoms with Gasteiger partial charge in [0, 0.05) is 13.6 Å². The van der Waals surface area contributed by atoms with Crippen LogP contribution in [0.3, 0.4) is 0 Å². The van der Waals surface area contributed by atoms with Crippen molar-refractivity contribution in [3.8, 4) is 5.75 Å². The molecule has 0 unspecified atom stereocenters. The summed E-state index contributed by atoms with van der Waals surface area (Å²) in [5.74, 6) is -1.33. The molecule has 0 aliphatic carbocycles. The molecular weight excluding hydrogens is 352 g/mol. The van der Waals surface area contributed by atoms with E-state index in [4.69, 9.17) is 34.8 Å². The van der Waals surface area contributed by atoms with Crippen molar-refractivity contribution in [2.45, 2.75) is 6.54 Å². The number of carbonyl (C=O) groups is 1. The van der Waals surface area contributed by atoms with Crippen LogP contribution in [0.4, 0.5) is 4.39 Å². The van der Waals surface area contributed by atoms with E-state index in [0.717, 1.165) is 5.56 Å². The SMILES string of the molecule is CN(Cc1ccc(F)cc1)C(=O)c1c(O)c(Cl)cc(Cl)c1Cl. The van der Waals surface area contributed by atoms with E-state index in [9.17, 15) is 14.3 Å². The molecular formula is C15H11Cl3FNO2. The fraction of sp³-hybridized carbons (Fsp3) is 0.133. The molecule has 2 rings (SSSR count). The molecule has 0 saturated carbocycles. The minimum Gasteiger partial charge on any atom is -0.505 e. The minimum atomic E-state index is -0.545. The number of nitrogens with zero attached hydrogens (tertiary/aromatic N) is 1. The van der Waals surface area contributed by atoms with Crippen LogP contribution in [0, 0.1) is 5.82 Å². The zero-order chi connectivity index (χ0) is 16.4. The van der Waals surface area contributed by atoms with E-state index in [0.29, 0.717) is 0 Å². The quantitative estimate of drug-likeness (QED) is 0.799. The Bertz CT molecular complexity index is 693. The summed E-state index contributed by atoms with van der Waals surface area (Å²) >= 11 is 17.7. The Labute approximate surface area is 141 Å². The molecule has 1 amide bonds. The lowest BCUT2D eigenvalue weighted by Gasteiger charge is -2.19. The maximum Gasteiger partial charge on any atom is 0.259 e. The van der Waals surface area contributed by atoms with Crippen molar-refractivity contribution < 1.29 is 14.3 Å². The van der Waals surface area contributed by atoms with Gasteiger partial charge in [0.2, 0.25) is 0 Å². The van der Waals surface area contributed by atoms with Crippen molar-refractivity contribution in [1.29, 1.82) is 0 Å². The summed E-state index contributed by atoms with van der Waals surface area (Å²) in [6, 6.07) is 6.98. The van der Waals surface area contributed by atoms with Gasteiger partial charge < -0.3 is 10.0 Å². The molecule has 116 valence electrons. The van der Waals surface area contributed by atoms with Crippen LogP contribution in [0.25, 0.3) is 0 Å². The van der Waals surface area contributed by atoms with Crippen molar-refractivity contribution >= 4 is 40.7 Å². The number of amides is 1. The molecule has 1 N–H and O–H groups in total. The Kier molecular flexibility index (Phi) is 5.16. The number of rotatable bonds is 3. The highest BCUT2D eigenvalue weighted by Gasteiger charge is 2.24. The van der Waals surface area contributed by atoms with E-state index in [-0.39, 0.29) is 33.0 Å². The van der Waals surface area contributed by atoms with Gasteiger partial charge in [0.25, 0.3) is 5.91 Å². The molecule has 0 aliphatic rings. The molecule has 2 aromatic rings. The molecule has 0 atom stereocenters. The number of phenolic OH excluding ortho intramolecular Hbond substituents is 1. The number of carbonyl (C=O) groups excluding carboxylic acids is 1. The molecule has 0 heterocycles. The van der Waals surface area contributed by atoms with Gasteiger partial charge in [-0.25, -0.2) is 4.39 Å². The molecule has 0 bridgehead atoms. The molecule has 0 radical (unpaired) electrons. The predicted octanol–water partition coefficient (Wildman–Crippen LogP) is 4.76. The largest absolute Gasteiger partial charge is 0.505 e. The van der Waals surface area contributed by atoms with E-state index in [1.807, 2.05) is 0 Å². The first-order valence-corrected chi connectivity index (χ1v) is 7.31. The van der Waals surface area contributed by atoms with E-state index in [1.165, 1.54) is 30.1 Å². The highest BCUT2D eigenvalue weighted by atomic mass is 35.5. The van der Waals surface area contributed by atoms with Crippen LogP contribution in [0.15, 0.2) is 30.3 Å². The zero-order valence-electron chi connectivity index (χ0n) is 11.4. The molecule has 0 spiro atoms. The minimum absolute atomic E-state index is 0.0621. The van der Waals surface area contributed by atoms with Gasteiger partial charge in [-0.3, -0.25) is 4.79 Å². The lowest BCUT2D eigenvalue weighted by molar-refractivity contribution is 0.0782. The highest BCUT2D eigenvalue weighted by Crippen LogP contribution is 2.39. The van der Waals surface area contributed by atoms with Crippen molar-refractivity contribution in [1.82, 2.24) is 4.90 Å². The molecule has 3 nitrogen and oxygen atoms in total. The topological polar surface area (TPSA) is 40.5 Å². The maximum absolute atomic E-state index is 12.9. The van der Waals surface area contributed by atoms with Gasteiger partial charge in [-0.05, 0) is 23.8 Å². The number of hydrogen-bond donors (Lipinski definition) is 1. The lowest BCUT2D eigenvalue weighted by atomic mass is 10.1. The Morgan fingerprint density at radius 2 is 1.77 bits per heavy atom. The second-order valence-electron chi connectivity index (χ2n) is 4.67. The van der Waals surface area contributed by atoms with Gasteiger partial charge >= 0.3 is 0 Å². The first kappa shape index (κ1) is 16.9. The average molecular weight is 363 g/mol. The summed E-state index contributed by atoms with van der Waals surface area (Å²) in [6.45, 7) is 0.207. The number of aromatic hydroxyl groups is 1. The standard InChI is InChI=1S/C15H11Cl3FNO2/c1-20(7-8-2-4-9(19)5-3-8)15(22)12-13(18)10(16)6-11(17)14(12)21/h2-6,21H,7H2,1H3. The summed E-state index contributed by atoms with van der Waals surface area (Å²) in [5, 5.41) is 9.89. The number of hydrogen-bond acceptors (Lipinski definition) is 2. The second kappa shape index (κ2) is 6.73. The van der Waals surface area contributed by atoms with Crippen LogP contribution >= 0.6 is 34.8 Å². The molecule has 0 aliphatic heterocycles. The van der Waals surface area contributed by atoms with Gasteiger partial charge in [-0.1, -0.05) is 46.9 Å². The summed E-state index contributed by atoms with van der Waals surface area (Å²) < 4.78 is 12.9. The van der Waals surface area contributed by atoms with Crippen molar-refractivity contribution in [3.63, 3.8) is 0 Å². The molecule has 2 aromatic carbocycles. The van der Waals surface area contributed by atoms with Gasteiger partial charge in [-0.2, -0.15) is 0 Å². The third-order valence-corrected chi connectivity index (χ3v) is 4.11. The smallest absolute Gasteiger partial charge is 0.259 e. The molecule has 0 aromatic heterocycles. The van der Waals surface area contributed by atoms with Gasteiger partial charge in [-0.15, -0.1) is 0 Å². The van der Waals surface area contributed by atoms with E-state index in [2.05, 4.69) is 0 Å². The molecule has 0 fully saturated rings. The van der Waals surface area contributed by atoms with Crippen molar-refractivity contribution in [3.05, 3.63) is 62.3 Å². The molecule has 7 heteroatoms. The number of benzene rings is 2. The third kappa shape index (κ3) is 3.46. The van der Waals surface area contributed by atoms with Crippen molar-refractivity contribution in [2.75, 3.05) is 7.05 Å². The van der Waals surface area contributed by atoms with Crippen LogP contribution in [-0.4, -0.2) is 23.0 Å². The van der Waals surface area contributed by atoms with Gasteiger partial charge in [0.05, 0.1) is 15.1 Å². The van der Waals surface area contributed by atoms with Gasteiger partial charge in [0.15, 0.2) is 0 Å². The van der Waals surface area contributed by atoms with E-state index >= 15 is 0 Å².